The minimum Gasteiger partial charge on any atom is -0.109 e. The lowest BCUT2D eigenvalue weighted by atomic mass is 9.60. The van der Waals surface area contributed by atoms with Gasteiger partial charge in [-0.3, -0.25) is 0 Å². The van der Waals surface area contributed by atoms with Gasteiger partial charge in [-0.1, -0.05) is 91.0 Å². The Balaban J connectivity index is 1.80. The van der Waals surface area contributed by atoms with Crippen molar-refractivity contribution in [2.24, 2.45) is 5.92 Å². The zero-order chi connectivity index (χ0) is 16.4. The number of hydrogen-bond acceptors (Lipinski definition) is 0. The summed E-state index contributed by atoms with van der Waals surface area (Å²) >= 11 is 7.44. The van der Waals surface area contributed by atoms with Crippen LogP contribution in [0.15, 0.2) is 91.0 Å². The van der Waals surface area contributed by atoms with Crippen molar-refractivity contribution in [3.05, 3.63) is 108 Å². The van der Waals surface area contributed by atoms with E-state index in [9.17, 15) is 0 Å². The molecule has 0 amide bonds. The molecule has 1 aliphatic carbocycles. The second-order valence-electron chi connectivity index (χ2n) is 6.64. The van der Waals surface area contributed by atoms with Crippen molar-refractivity contribution in [1.82, 2.24) is 0 Å². The van der Waals surface area contributed by atoms with E-state index < -0.39 is 4.87 Å². The molecule has 1 fully saturated rings. The molecule has 2 atom stereocenters. The lowest BCUT2D eigenvalue weighted by Gasteiger charge is -2.48. The standard InChI is InChI=1S/C23H21Cl/c24-23(19-12-6-2-7-13-19,20-14-8-3-9-15-20)22-17-16-21(22)18-10-4-1-5-11-18/h1-15,21-22H,16-17H2. The van der Waals surface area contributed by atoms with Gasteiger partial charge < -0.3 is 0 Å². The maximum Gasteiger partial charge on any atom is 0.0977 e. The van der Waals surface area contributed by atoms with Gasteiger partial charge in [0, 0.05) is 0 Å². The van der Waals surface area contributed by atoms with Gasteiger partial charge in [0.2, 0.25) is 0 Å². The van der Waals surface area contributed by atoms with Gasteiger partial charge in [0.15, 0.2) is 0 Å². The third-order valence-electron chi connectivity index (χ3n) is 5.40. The molecule has 3 aromatic carbocycles. The molecule has 3 aromatic rings. The van der Waals surface area contributed by atoms with Crippen LogP contribution in [0.25, 0.3) is 0 Å². The predicted octanol–water partition coefficient (Wildman–Crippen LogP) is 6.36. The van der Waals surface area contributed by atoms with Crippen molar-refractivity contribution in [3.8, 4) is 0 Å². The molecule has 2 unspecified atom stereocenters. The minimum atomic E-state index is -0.471. The van der Waals surface area contributed by atoms with Crippen molar-refractivity contribution < 1.29 is 0 Å². The molecular weight excluding hydrogens is 312 g/mol. The van der Waals surface area contributed by atoms with E-state index in [0.29, 0.717) is 11.8 Å². The summed E-state index contributed by atoms with van der Waals surface area (Å²) in [5, 5.41) is 0. The highest BCUT2D eigenvalue weighted by Crippen LogP contribution is 2.57. The van der Waals surface area contributed by atoms with Crippen molar-refractivity contribution in [2.75, 3.05) is 0 Å². The van der Waals surface area contributed by atoms with E-state index >= 15 is 0 Å². The second kappa shape index (κ2) is 6.45. The SMILES string of the molecule is ClC(c1ccccc1)(c1ccccc1)C1CCC1c1ccccc1. The molecule has 0 heterocycles. The van der Waals surface area contributed by atoms with E-state index in [4.69, 9.17) is 11.6 Å². The highest BCUT2D eigenvalue weighted by molar-refractivity contribution is 6.26. The first-order valence-electron chi connectivity index (χ1n) is 8.65. The topological polar surface area (TPSA) is 0 Å². The Hall–Kier alpha value is -2.05. The largest absolute Gasteiger partial charge is 0.109 e. The molecular formula is C23H21Cl. The molecule has 1 aliphatic rings. The lowest BCUT2D eigenvalue weighted by Crippen LogP contribution is -2.41. The van der Waals surface area contributed by atoms with Crippen LogP contribution >= 0.6 is 11.6 Å². The molecule has 120 valence electrons. The lowest BCUT2D eigenvalue weighted by molar-refractivity contribution is 0.206. The highest BCUT2D eigenvalue weighted by Gasteiger charge is 2.49. The molecule has 0 nitrogen and oxygen atoms in total. The van der Waals surface area contributed by atoms with Gasteiger partial charge in [0.05, 0.1) is 4.87 Å². The summed E-state index contributed by atoms with van der Waals surface area (Å²) in [6, 6.07) is 32.0. The van der Waals surface area contributed by atoms with Gasteiger partial charge in [-0.25, -0.2) is 0 Å². The van der Waals surface area contributed by atoms with Crippen molar-refractivity contribution in [2.45, 2.75) is 23.6 Å². The van der Waals surface area contributed by atoms with Crippen LogP contribution in [0.2, 0.25) is 0 Å². The summed E-state index contributed by atoms with van der Waals surface area (Å²) in [5.41, 5.74) is 3.80. The molecule has 1 saturated carbocycles. The molecule has 0 saturated heterocycles. The average Bonchev–Trinajstić information content (AvgIpc) is 2.63. The molecule has 24 heavy (non-hydrogen) atoms. The van der Waals surface area contributed by atoms with Crippen molar-refractivity contribution in [3.63, 3.8) is 0 Å². The van der Waals surface area contributed by atoms with E-state index in [1.54, 1.807) is 0 Å². The van der Waals surface area contributed by atoms with Crippen LogP contribution in [0.1, 0.15) is 35.4 Å². The first-order valence-corrected chi connectivity index (χ1v) is 9.03. The fourth-order valence-corrected chi connectivity index (χ4v) is 4.54. The van der Waals surface area contributed by atoms with Crippen molar-refractivity contribution >= 4 is 11.6 Å². The summed E-state index contributed by atoms with van der Waals surface area (Å²) in [6.07, 6.45) is 2.37. The number of rotatable bonds is 4. The first-order chi connectivity index (χ1) is 11.8. The normalized spacial score (nSPS) is 20.4. The maximum absolute atomic E-state index is 7.44. The molecule has 4 rings (SSSR count). The average molecular weight is 333 g/mol. The van der Waals surface area contributed by atoms with Crippen LogP contribution in [0.3, 0.4) is 0 Å². The fraction of sp³-hybridized carbons (Fsp3) is 0.217. The third-order valence-corrected chi connectivity index (χ3v) is 6.12. The minimum absolute atomic E-state index is 0.409. The van der Waals surface area contributed by atoms with Gasteiger partial charge in [0.1, 0.15) is 0 Å². The Labute approximate surface area is 149 Å². The van der Waals surface area contributed by atoms with Crippen LogP contribution in [0, 0.1) is 5.92 Å². The molecule has 0 N–H and O–H groups in total. The van der Waals surface area contributed by atoms with Gasteiger partial charge in [-0.2, -0.15) is 0 Å². The van der Waals surface area contributed by atoms with Crippen LogP contribution in [0.4, 0.5) is 0 Å². The smallest absolute Gasteiger partial charge is 0.0977 e. The second-order valence-corrected chi connectivity index (χ2v) is 7.24. The van der Waals surface area contributed by atoms with Crippen LogP contribution < -0.4 is 0 Å². The van der Waals surface area contributed by atoms with Crippen LogP contribution in [-0.4, -0.2) is 0 Å². The first kappa shape index (κ1) is 15.5. The molecule has 0 bridgehead atoms. The summed E-state index contributed by atoms with van der Waals surface area (Å²) in [7, 11) is 0. The quantitative estimate of drug-likeness (QED) is 0.487. The number of alkyl halides is 1. The van der Waals surface area contributed by atoms with Crippen molar-refractivity contribution in [1.29, 1.82) is 0 Å². The molecule has 0 aliphatic heterocycles. The van der Waals surface area contributed by atoms with E-state index in [0.717, 1.165) is 6.42 Å². The summed E-state index contributed by atoms with van der Waals surface area (Å²) in [6.45, 7) is 0. The van der Waals surface area contributed by atoms with Gasteiger partial charge in [0.25, 0.3) is 0 Å². The van der Waals surface area contributed by atoms with Gasteiger partial charge in [-0.05, 0) is 41.4 Å². The molecule has 1 heteroatoms. The Bertz CT molecular complexity index is 741. The number of halogens is 1. The van der Waals surface area contributed by atoms with E-state index in [1.165, 1.54) is 23.1 Å². The summed E-state index contributed by atoms with van der Waals surface area (Å²) in [5.74, 6) is 0.926. The van der Waals surface area contributed by atoms with Gasteiger partial charge >= 0.3 is 0 Å². The predicted molar refractivity (Wildman–Crippen MR) is 101 cm³/mol. The molecule has 0 radical (unpaired) electrons. The number of benzene rings is 3. The zero-order valence-corrected chi connectivity index (χ0v) is 14.4. The Kier molecular flexibility index (Phi) is 4.16. The van der Waals surface area contributed by atoms with E-state index in [-0.39, 0.29) is 0 Å². The zero-order valence-electron chi connectivity index (χ0n) is 13.6. The monoisotopic (exact) mass is 332 g/mol. The highest BCUT2D eigenvalue weighted by atomic mass is 35.5. The summed E-state index contributed by atoms with van der Waals surface area (Å²) in [4.78, 5) is -0.471. The Morgan fingerprint density at radius 1 is 0.625 bits per heavy atom. The molecule has 0 spiro atoms. The Morgan fingerprint density at radius 3 is 1.50 bits per heavy atom. The number of hydrogen-bond donors (Lipinski definition) is 0. The molecule has 0 aromatic heterocycles. The van der Waals surface area contributed by atoms with Gasteiger partial charge in [-0.15, -0.1) is 11.6 Å². The summed E-state index contributed by atoms with van der Waals surface area (Å²) < 4.78 is 0. The van der Waals surface area contributed by atoms with E-state index in [1.807, 2.05) is 0 Å². The van der Waals surface area contributed by atoms with Crippen LogP contribution in [0.5, 0.6) is 0 Å². The fourth-order valence-electron chi connectivity index (χ4n) is 4.03. The Morgan fingerprint density at radius 2 is 1.08 bits per heavy atom. The maximum atomic E-state index is 7.44. The third kappa shape index (κ3) is 2.56. The van der Waals surface area contributed by atoms with E-state index in [2.05, 4.69) is 91.0 Å². The van der Waals surface area contributed by atoms with Crippen LogP contribution in [-0.2, 0) is 4.87 Å².